The second-order valence-electron chi connectivity index (χ2n) is 11.2. The molecule has 7 nitrogen and oxygen atoms in total. The maximum atomic E-state index is 13.2. The van der Waals surface area contributed by atoms with Gasteiger partial charge in [-0.15, -0.1) is 22.7 Å². The van der Waals surface area contributed by atoms with Gasteiger partial charge in [0.1, 0.15) is 15.6 Å². The highest BCUT2D eigenvalue weighted by Gasteiger charge is 2.36. The zero-order valence-corrected chi connectivity index (χ0v) is 25.0. The van der Waals surface area contributed by atoms with Crippen LogP contribution in [0.1, 0.15) is 57.9 Å². The lowest BCUT2D eigenvalue weighted by Gasteiger charge is -2.36. The molecule has 2 amide bonds. The molecule has 2 aliphatic rings. The van der Waals surface area contributed by atoms with Crippen molar-refractivity contribution in [1.29, 1.82) is 0 Å². The molecule has 2 N–H and O–H groups in total. The fourth-order valence-electron chi connectivity index (χ4n) is 4.86. The van der Waals surface area contributed by atoms with Gasteiger partial charge in [0.05, 0.1) is 16.8 Å². The highest BCUT2D eigenvalue weighted by atomic mass is 79.9. The van der Waals surface area contributed by atoms with E-state index in [0.717, 1.165) is 48.0 Å². The summed E-state index contributed by atoms with van der Waals surface area (Å²) in [6.07, 6.45) is 2.10. The van der Waals surface area contributed by atoms with E-state index in [4.69, 9.17) is 9.72 Å². The summed E-state index contributed by atoms with van der Waals surface area (Å²) in [5.74, 6) is 0.0716. The molecule has 3 aromatic rings. The third kappa shape index (κ3) is 5.87. The van der Waals surface area contributed by atoms with E-state index in [1.807, 2.05) is 32.9 Å². The summed E-state index contributed by atoms with van der Waals surface area (Å²) in [6, 6.07) is 6.90. The van der Waals surface area contributed by atoms with Crippen LogP contribution in [0.15, 0.2) is 22.7 Å². The molecule has 0 spiro atoms. The van der Waals surface area contributed by atoms with Crippen molar-refractivity contribution in [3.63, 3.8) is 0 Å². The number of ether oxygens (including phenoxy) is 1. The van der Waals surface area contributed by atoms with E-state index in [9.17, 15) is 9.59 Å². The van der Waals surface area contributed by atoms with E-state index < -0.39 is 5.60 Å². The first kappa shape index (κ1) is 26.6. The van der Waals surface area contributed by atoms with E-state index in [1.54, 1.807) is 27.6 Å². The van der Waals surface area contributed by atoms with Gasteiger partial charge in [0.2, 0.25) is 5.91 Å². The van der Waals surface area contributed by atoms with Crippen LogP contribution in [0.5, 0.6) is 0 Å². The lowest BCUT2D eigenvalue weighted by atomic mass is 9.79. The number of nitrogens with zero attached hydrogens (tertiary/aromatic N) is 2. The summed E-state index contributed by atoms with van der Waals surface area (Å²) in [5, 5.41) is 8.51. The van der Waals surface area contributed by atoms with Crippen molar-refractivity contribution in [3.8, 4) is 10.6 Å². The third-order valence-electron chi connectivity index (χ3n) is 6.59. The van der Waals surface area contributed by atoms with Crippen LogP contribution < -0.4 is 10.6 Å². The number of aromatic nitrogens is 1. The molecule has 1 aliphatic carbocycles. The molecule has 5 rings (SSSR count). The minimum absolute atomic E-state index is 0.00723. The van der Waals surface area contributed by atoms with E-state index in [-0.39, 0.29) is 17.9 Å². The zero-order valence-electron chi connectivity index (χ0n) is 21.8. The second-order valence-corrected chi connectivity index (χ2v) is 14.2. The van der Waals surface area contributed by atoms with Crippen LogP contribution in [0.4, 0.5) is 9.80 Å². The zero-order chi connectivity index (χ0) is 26.5. The van der Waals surface area contributed by atoms with Gasteiger partial charge in [-0.25, -0.2) is 9.78 Å². The topological polar surface area (TPSA) is 83.6 Å². The number of rotatable bonds is 5. The molecule has 0 unspecified atom stereocenters. The molecule has 1 saturated carbocycles. The lowest BCUT2D eigenvalue weighted by Crippen LogP contribution is -2.48. The van der Waals surface area contributed by atoms with Crippen LogP contribution in [0.25, 0.3) is 20.8 Å². The molecule has 0 saturated heterocycles. The number of benzene rings is 1. The first-order valence-corrected chi connectivity index (χ1v) is 15.2. The predicted octanol–water partition coefficient (Wildman–Crippen LogP) is 6.80. The molecular weight excluding hydrogens is 572 g/mol. The third-order valence-corrected chi connectivity index (χ3v) is 9.25. The van der Waals surface area contributed by atoms with Crippen molar-refractivity contribution < 1.29 is 14.3 Å². The Morgan fingerprint density at radius 2 is 1.97 bits per heavy atom. The predicted molar refractivity (Wildman–Crippen MR) is 154 cm³/mol. The van der Waals surface area contributed by atoms with Crippen LogP contribution in [0.2, 0.25) is 0 Å². The first-order valence-electron chi connectivity index (χ1n) is 12.7. The monoisotopic (exact) mass is 604 g/mol. The summed E-state index contributed by atoms with van der Waals surface area (Å²) < 4.78 is 7.73. The van der Waals surface area contributed by atoms with Gasteiger partial charge in [-0.05, 0) is 63.8 Å². The van der Waals surface area contributed by atoms with Gasteiger partial charge in [0.15, 0.2) is 0 Å². The van der Waals surface area contributed by atoms with Crippen molar-refractivity contribution in [3.05, 3.63) is 33.1 Å². The van der Waals surface area contributed by atoms with Gasteiger partial charge in [0, 0.05) is 39.5 Å². The summed E-state index contributed by atoms with van der Waals surface area (Å²) in [4.78, 5) is 33.8. The Hall–Kier alpha value is -2.01. The number of thiophene rings is 1. The highest BCUT2D eigenvalue weighted by molar-refractivity contribution is 9.10. The van der Waals surface area contributed by atoms with Crippen LogP contribution in [0, 0.1) is 5.92 Å². The minimum Gasteiger partial charge on any atom is -0.444 e. The van der Waals surface area contributed by atoms with E-state index in [2.05, 4.69) is 46.5 Å². The number of fused-ring (bicyclic) bond motifs is 2. The average Bonchev–Trinajstić information content (AvgIpc) is 3.33. The molecule has 1 fully saturated rings. The summed E-state index contributed by atoms with van der Waals surface area (Å²) in [5.41, 5.74) is 2.57. The fraction of sp³-hybridized carbons (Fsp3) is 0.519. The van der Waals surface area contributed by atoms with Gasteiger partial charge < -0.3 is 20.3 Å². The molecule has 37 heavy (non-hydrogen) atoms. The van der Waals surface area contributed by atoms with Gasteiger partial charge >= 0.3 is 6.09 Å². The molecule has 2 aromatic heterocycles. The van der Waals surface area contributed by atoms with Gasteiger partial charge in [-0.3, -0.25) is 4.79 Å². The van der Waals surface area contributed by atoms with E-state index in [1.165, 1.54) is 5.56 Å². The SMILES string of the molecule is CC(C)NC1CC(C(=O)Nc2sc3c(c2-c2nc4ccc(Br)cc4s2)CCN(C(=O)OC(C)(C)C)C3)C1. The lowest BCUT2D eigenvalue weighted by molar-refractivity contribution is -0.123. The van der Waals surface area contributed by atoms with Gasteiger partial charge in [-0.1, -0.05) is 29.8 Å². The van der Waals surface area contributed by atoms with Crippen molar-refractivity contribution in [2.45, 2.75) is 78.1 Å². The smallest absolute Gasteiger partial charge is 0.410 e. The summed E-state index contributed by atoms with van der Waals surface area (Å²) >= 11 is 6.75. The number of thiazole rings is 1. The second kappa shape index (κ2) is 10.3. The fourth-order valence-corrected chi connectivity index (χ4v) is 7.79. The Morgan fingerprint density at radius 1 is 1.22 bits per heavy atom. The molecule has 0 bridgehead atoms. The minimum atomic E-state index is -0.544. The Morgan fingerprint density at radius 3 is 2.68 bits per heavy atom. The normalized spacial score (nSPS) is 19.6. The molecule has 1 aliphatic heterocycles. The van der Waals surface area contributed by atoms with Gasteiger partial charge in [0.25, 0.3) is 0 Å². The maximum absolute atomic E-state index is 13.2. The largest absolute Gasteiger partial charge is 0.444 e. The van der Waals surface area contributed by atoms with Crippen molar-refractivity contribution >= 4 is 65.8 Å². The van der Waals surface area contributed by atoms with E-state index >= 15 is 0 Å². The van der Waals surface area contributed by atoms with E-state index in [0.29, 0.717) is 31.6 Å². The number of hydrogen-bond donors (Lipinski definition) is 2. The number of carbonyl (C=O) groups excluding carboxylic acids is 2. The first-order chi connectivity index (χ1) is 17.5. The standard InChI is InChI=1S/C27H33BrN4O3S2/c1-14(2)29-17-10-15(11-17)23(33)31-25-22(24-30-19-7-6-16(28)12-20(19)36-24)18-8-9-32(13-21(18)37-25)26(34)35-27(3,4)5/h6-7,12,14-15,17,29H,8-11,13H2,1-5H3,(H,31,33). The van der Waals surface area contributed by atoms with Crippen LogP contribution in [-0.2, 0) is 22.5 Å². The molecule has 198 valence electrons. The molecule has 3 heterocycles. The Labute approximate surface area is 234 Å². The quantitative estimate of drug-likeness (QED) is 0.335. The molecule has 1 aromatic carbocycles. The van der Waals surface area contributed by atoms with Crippen molar-refractivity contribution in [1.82, 2.24) is 15.2 Å². The number of nitrogens with one attached hydrogen (secondary N) is 2. The van der Waals surface area contributed by atoms with Gasteiger partial charge in [-0.2, -0.15) is 0 Å². The Kier molecular flexibility index (Phi) is 7.39. The van der Waals surface area contributed by atoms with Crippen LogP contribution in [-0.4, -0.2) is 46.1 Å². The average molecular weight is 606 g/mol. The Balaban J connectivity index is 1.44. The number of carbonyl (C=O) groups is 2. The number of anilines is 1. The Bertz CT molecular complexity index is 1340. The molecule has 0 radical (unpaired) electrons. The maximum Gasteiger partial charge on any atom is 0.410 e. The number of halogens is 1. The molecular formula is C27H33BrN4O3S2. The molecule has 0 atom stereocenters. The molecule has 10 heteroatoms. The summed E-state index contributed by atoms with van der Waals surface area (Å²) in [7, 11) is 0. The van der Waals surface area contributed by atoms with Crippen LogP contribution in [0.3, 0.4) is 0 Å². The highest BCUT2D eigenvalue weighted by Crippen LogP contribution is 2.46. The van der Waals surface area contributed by atoms with Crippen molar-refractivity contribution in [2.24, 2.45) is 5.92 Å². The summed E-state index contributed by atoms with van der Waals surface area (Å²) in [6.45, 7) is 10.9. The number of hydrogen-bond acceptors (Lipinski definition) is 7. The van der Waals surface area contributed by atoms with Crippen LogP contribution >= 0.6 is 38.6 Å². The van der Waals surface area contributed by atoms with Crippen molar-refractivity contribution in [2.75, 3.05) is 11.9 Å². The number of amides is 2.